The molecule has 0 saturated heterocycles. The fourth-order valence-electron chi connectivity index (χ4n) is 2.74. The van der Waals surface area contributed by atoms with Crippen LogP contribution in [0.4, 0.5) is 5.69 Å². The van der Waals surface area contributed by atoms with E-state index in [2.05, 4.69) is 36.9 Å². The summed E-state index contributed by atoms with van der Waals surface area (Å²) in [6, 6.07) is 17.4. The number of ether oxygens (including phenoxy) is 1. The number of rotatable bonds is 6. The Kier molecular flexibility index (Phi) is 7.27. The van der Waals surface area contributed by atoms with Crippen molar-refractivity contribution < 1.29 is 19.1 Å². The highest BCUT2D eigenvalue weighted by Crippen LogP contribution is 2.24. The standard InChI is InChI=1S/C24H25N3O4S/c1-24(2,3)17-8-12-19(13-9-17)31-15-21(28)26-27-22(29)16-6-10-18(11-7-16)25-23(30)20-5-4-14-32-20/h4-14H,15H2,1-3H3,(H,25,30)(H,26,28)(H,27,29). The van der Waals surface area contributed by atoms with E-state index in [9.17, 15) is 14.4 Å². The predicted molar refractivity (Wildman–Crippen MR) is 125 cm³/mol. The number of hydrogen-bond donors (Lipinski definition) is 3. The second-order valence-corrected chi connectivity index (χ2v) is 9.02. The molecule has 0 aliphatic carbocycles. The molecular formula is C24H25N3O4S. The Morgan fingerprint density at radius 2 is 1.56 bits per heavy atom. The van der Waals surface area contributed by atoms with Crippen molar-refractivity contribution in [2.45, 2.75) is 26.2 Å². The number of hydrazine groups is 1. The van der Waals surface area contributed by atoms with Crippen LogP contribution in [0.25, 0.3) is 0 Å². The van der Waals surface area contributed by atoms with Crippen molar-refractivity contribution in [3.63, 3.8) is 0 Å². The van der Waals surface area contributed by atoms with E-state index in [4.69, 9.17) is 4.74 Å². The van der Waals surface area contributed by atoms with E-state index in [-0.39, 0.29) is 17.9 Å². The van der Waals surface area contributed by atoms with Gasteiger partial charge in [0.2, 0.25) is 0 Å². The minimum atomic E-state index is -0.488. The molecule has 0 unspecified atom stereocenters. The Hall–Kier alpha value is -3.65. The van der Waals surface area contributed by atoms with Gasteiger partial charge in [0.05, 0.1) is 4.88 Å². The number of hydrogen-bond acceptors (Lipinski definition) is 5. The highest BCUT2D eigenvalue weighted by atomic mass is 32.1. The van der Waals surface area contributed by atoms with Crippen molar-refractivity contribution in [3.05, 3.63) is 82.0 Å². The maximum atomic E-state index is 12.2. The SMILES string of the molecule is CC(C)(C)c1ccc(OCC(=O)NNC(=O)c2ccc(NC(=O)c3cccs3)cc2)cc1. The molecule has 0 aliphatic rings. The molecule has 0 aliphatic heterocycles. The molecule has 0 atom stereocenters. The van der Waals surface area contributed by atoms with Crippen LogP contribution in [0.15, 0.2) is 66.0 Å². The smallest absolute Gasteiger partial charge is 0.276 e. The van der Waals surface area contributed by atoms with E-state index < -0.39 is 11.8 Å². The van der Waals surface area contributed by atoms with Gasteiger partial charge in [-0.2, -0.15) is 0 Å². The minimum absolute atomic E-state index is 0.0358. The van der Waals surface area contributed by atoms with Crippen LogP contribution in [0, 0.1) is 0 Å². The molecule has 1 aromatic heterocycles. The molecule has 3 amide bonds. The van der Waals surface area contributed by atoms with Crippen molar-refractivity contribution in [2.75, 3.05) is 11.9 Å². The van der Waals surface area contributed by atoms with E-state index in [0.717, 1.165) is 0 Å². The first kappa shape index (κ1) is 23.0. The molecule has 7 nitrogen and oxygen atoms in total. The number of thiophene rings is 1. The van der Waals surface area contributed by atoms with Gasteiger partial charge >= 0.3 is 0 Å². The lowest BCUT2D eigenvalue weighted by Crippen LogP contribution is -2.43. The average Bonchev–Trinajstić information content (AvgIpc) is 3.31. The first-order valence-electron chi connectivity index (χ1n) is 10.00. The van der Waals surface area contributed by atoms with Crippen LogP contribution in [0.3, 0.4) is 0 Å². The lowest BCUT2D eigenvalue weighted by Gasteiger charge is -2.19. The van der Waals surface area contributed by atoms with E-state index in [1.54, 1.807) is 36.4 Å². The molecule has 166 valence electrons. The van der Waals surface area contributed by atoms with Gasteiger partial charge in [0.15, 0.2) is 6.61 Å². The molecule has 3 rings (SSSR count). The summed E-state index contributed by atoms with van der Waals surface area (Å²) in [5.41, 5.74) is 6.76. The summed E-state index contributed by atoms with van der Waals surface area (Å²) < 4.78 is 5.45. The largest absolute Gasteiger partial charge is 0.484 e. The highest BCUT2D eigenvalue weighted by Gasteiger charge is 2.14. The molecule has 1 heterocycles. The van der Waals surface area contributed by atoms with Gasteiger partial charge in [-0.3, -0.25) is 25.2 Å². The first-order chi connectivity index (χ1) is 15.2. The zero-order valence-electron chi connectivity index (χ0n) is 18.1. The lowest BCUT2D eigenvalue weighted by molar-refractivity contribution is -0.123. The Balaban J connectivity index is 1.43. The maximum absolute atomic E-state index is 12.2. The number of benzene rings is 2. The van der Waals surface area contributed by atoms with Gasteiger partial charge in [0.1, 0.15) is 5.75 Å². The lowest BCUT2D eigenvalue weighted by atomic mass is 9.87. The number of nitrogens with one attached hydrogen (secondary N) is 3. The van der Waals surface area contributed by atoms with Crippen LogP contribution >= 0.6 is 11.3 Å². The van der Waals surface area contributed by atoms with Crippen LogP contribution in [-0.2, 0) is 10.2 Å². The third kappa shape index (κ3) is 6.42. The summed E-state index contributed by atoms with van der Waals surface area (Å²) >= 11 is 1.34. The summed E-state index contributed by atoms with van der Waals surface area (Å²) in [6.07, 6.45) is 0. The molecule has 0 saturated carbocycles. The minimum Gasteiger partial charge on any atom is -0.484 e. The van der Waals surface area contributed by atoms with Crippen LogP contribution in [-0.4, -0.2) is 24.3 Å². The normalized spacial score (nSPS) is 10.8. The van der Waals surface area contributed by atoms with Gasteiger partial charge in [-0.1, -0.05) is 39.0 Å². The monoisotopic (exact) mass is 451 g/mol. The highest BCUT2D eigenvalue weighted by molar-refractivity contribution is 7.12. The van der Waals surface area contributed by atoms with Crippen LogP contribution in [0.2, 0.25) is 0 Å². The third-order valence-corrected chi connectivity index (χ3v) is 5.42. The average molecular weight is 452 g/mol. The molecule has 0 radical (unpaired) electrons. The zero-order chi connectivity index (χ0) is 23.1. The number of anilines is 1. The number of amides is 3. The van der Waals surface area contributed by atoms with Gasteiger partial charge < -0.3 is 10.1 Å². The molecule has 32 heavy (non-hydrogen) atoms. The van der Waals surface area contributed by atoms with Gasteiger partial charge in [-0.25, -0.2) is 0 Å². The Labute approximate surface area is 190 Å². The molecule has 2 aromatic carbocycles. The Morgan fingerprint density at radius 1 is 0.875 bits per heavy atom. The van der Waals surface area contributed by atoms with Crippen LogP contribution in [0.1, 0.15) is 46.4 Å². The van der Waals surface area contributed by atoms with Crippen molar-refractivity contribution in [2.24, 2.45) is 0 Å². The molecule has 0 bridgehead atoms. The first-order valence-corrected chi connectivity index (χ1v) is 10.9. The van der Waals surface area contributed by atoms with Crippen molar-refractivity contribution in [1.82, 2.24) is 10.9 Å². The van der Waals surface area contributed by atoms with E-state index in [1.807, 2.05) is 29.6 Å². The van der Waals surface area contributed by atoms with Crippen LogP contribution in [0.5, 0.6) is 5.75 Å². The van der Waals surface area contributed by atoms with E-state index in [0.29, 0.717) is 21.9 Å². The second kappa shape index (κ2) is 10.1. The zero-order valence-corrected chi connectivity index (χ0v) is 18.9. The summed E-state index contributed by atoms with van der Waals surface area (Å²) in [5.74, 6) is -0.612. The summed E-state index contributed by atoms with van der Waals surface area (Å²) in [6.45, 7) is 6.12. The molecule has 0 fully saturated rings. The van der Waals surface area contributed by atoms with E-state index >= 15 is 0 Å². The second-order valence-electron chi connectivity index (χ2n) is 8.07. The van der Waals surface area contributed by atoms with E-state index in [1.165, 1.54) is 16.9 Å². The van der Waals surface area contributed by atoms with Gasteiger partial charge in [0, 0.05) is 11.3 Å². The molecule has 3 N–H and O–H groups in total. The van der Waals surface area contributed by atoms with Gasteiger partial charge in [-0.15, -0.1) is 11.3 Å². The topological polar surface area (TPSA) is 96.5 Å². The van der Waals surface area contributed by atoms with Crippen molar-refractivity contribution in [1.29, 1.82) is 0 Å². The molecular weight excluding hydrogens is 426 g/mol. The molecule has 8 heteroatoms. The maximum Gasteiger partial charge on any atom is 0.276 e. The fourth-order valence-corrected chi connectivity index (χ4v) is 3.36. The Bertz CT molecular complexity index is 1070. The third-order valence-electron chi connectivity index (χ3n) is 4.56. The predicted octanol–water partition coefficient (Wildman–Crippen LogP) is 4.14. The van der Waals surface area contributed by atoms with Gasteiger partial charge in [-0.05, 0) is 58.8 Å². The van der Waals surface area contributed by atoms with Crippen molar-refractivity contribution in [3.8, 4) is 5.75 Å². The molecule has 0 spiro atoms. The number of carbonyl (C=O) groups is 3. The fraction of sp³-hybridized carbons (Fsp3) is 0.208. The summed E-state index contributed by atoms with van der Waals surface area (Å²) in [7, 11) is 0. The summed E-state index contributed by atoms with van der Waals surface area (Å²) in [4.78, 5) is 36.8. The quantitative estimate of drug-likeness (QED) is 0.491. The van der Waals surface area contributed by atoms with Crippen LogP contribution < -0.4 is 20.9 Å². The number of carbonyl (C=O) groups excluding carboxylic acids is 3. The summed E-state index contributed by atoms with van der Waals surface area (Å²) in [5, 5.41) is 4.58. The Morgan fingerprint density at radius 3 is 2.16 bits per heavy atom. The van der Waals surface area contributed by atoms with Crippen molar-refractivity contribution >= 4 is 34.7 Å². The van der Waals surface area contributed by atoms with Gasteiger partial charge in [0.25, 0.3) is 17.7 Å². The molecule has 3 aromatic rings.